The summed E-state index contributed by atoms with van der Waals surface area (Å²) in [5, 5.41) is 4.38. The highest BCUT2D eigenvalue weighted by Crippen LogP contribution is 2.32. The number of aromatic nitrogens is 1. The minimum Gasteiger partial charge on any atom is -0.285 e. The predicted octanol–water partition coefficient (Wildman–Crippen LogP) is 2.86. The monoisotopic (exact) mass is 370 g/mol. The van der Waals surface area contributed by atoms with E-state index in [0.29, 0.717) is 27.7 Å². The van der Waals surface area contributed by atoms with Crippen LogP contribution in [0.3, 0.4) is 0 Å². The highest BCUT2D eigenvalue weighted by atomic mass is 32.2. The van der Waals surface area contributed by atoms with Crippen LogP contribution in [-0.2, 0) is 4.79 Å². The van der Waals surface area contributed by atoms with Gasteiger partial charge in [0.1, 0.15) is 5.82 Å². The minimum atomic E-state index is -0.409. The van der Waals surface area contributed by atoms with Crippen molar-refractivity contribution in [1.29, 1.82) is 0 Å². The lowest BCUT2D eigenvalue weighted by Crippen LogP contribution is -2.31. The van der Waals surface area contributed by atoms with Crippen LogP contribution in [0.25, 0.3) is 6.08 Å². The van der Waals surface area contributed by atoms with Crippen molar-refractivity contribution in [2.45, 2.75) is 6.92 Å². The van der Waals surface area contributed by atoms with E-state index in [4.69, 9.17) is 0 Å². The van der Waals surface area contributed by atoms with Gasteiger partial charge >= 0.3 is 0 Å². The van der Waals surface area contributed by atoms with Crippen molar-refractivity contribution >= 4 is 34.8 Å². The second-order valence-corrected chi connectivity index (χ2v) is 6.26. The van der Waals surface area contributed by atoms with Crippen LogP contribution in [-0.4, -0.2) is 33.4 Å². The molecule has 26 heavy (non-hydrogen) atoms. The van der Waals surface area contributed by atoms with Gasteiger partial charge in [-0.15, -0.1) is 5.10 Å². The molecule has 0 unspecified atom stereocenters. The first-order chi connectivity index (χ1) is 12.6. The third kappa shape index (κ3) is 3.80. The summed E-state index contributed by atoms with van der Waals surface area (Å²) in [5.74, 6) is -1.10. The number of likely N-dealkylation sites (N-methyl/N-ethyl adjacent to an activating group) is 1. The van der Waals surface area contributed by atoms with Crippen LogP contribution < -0.4 is 5.43 Å². The Morgan fingerprint density at radius 3 is 2.73 bits per heavy atom. The predicted molar refractivity (Wildman–Crippen MR) is 98.5 cm³/mol. The molecule has 6 nitrogen and oxygen atoms in total. The molecule has 1 aromatic heterocycles. The summed E-state index contributed by atoms with van der Waals surface area (Å²) in [7, 11) is 0. The van der Waals surface area contributed by atoms with Crippen molar-refractivity contribution in [2.75, 3.05) is 6.54 Å². The van der Waals surface area contributed by atoms with Gasteiger partial charge in [0.15, 0.2) is 5.17 Å². The molecule has 2 aromatic rings. The van der Waals surface area contributed by atoms with Crippen LogP contribution in [0.15, 0.2) is 58.8 Å². The van der Waals surface area contributed by atoms with Gasteiger partial charge in [-0.1, -0.05) is 18.2 Å². The molecule has 1 N–H and O–H groups in total. The Kier molecular flexibility index (Phi) is 5.43. The maximum absolute atomic E-state index is 13.8. The Morgan fingerprint density at radius 1 is 1.31 bits per heavy atom. The average molecular weight is 370 g/mol. The van der Waals surface area contributed by atoms with E-state index in [1.54, 1.807) is 37.3 Å². The Hall–Kier alpha value is -3.00. The summed E-state index contributed by atoms with van der Waals surface area (Å²) in [5.41, 5.74) is 3.15. The number of thioether (sulfide) groups is 1. The van der Waals surface area contributed by atoms with Crippen molar-refractivity contribution in [1.82, 2.24) is 15.3 Å². The topological polar surface area (TPSA) is 74.7 Å². The smallest absolute Gasteiger partial charge is 0.271 e. The van der Waals surface area contributed by atoms with Gasteiger partial charge in [-0.25, -0.2) is 9.82 Å². The van der Waals surface area contributed by atoms with Gasteiger partial charge in [0.05, 0.1) is 4.91 Å². The fourth-order valence-electron chi connectivity index (χ4n) is 2.27. The van der Waals surface area contributed by atoms with E-state index in [1.165, 1.54) is 29.4 Å². The largest absolute Gasteiger partial charge is 0.285 e. The fourth-order valence-corrected chi connectivity index (χ4v) is 3.26. The molecule has 0 spiro atoms. The molecular formula is C18H15FN4O2S. The van der Waals surface area contributed by atoms with Crippen LogP contribution in [0, 0.1) is 5.82 Å². The van der Waals surface area contributed by atoms with E-state index in [2.05, 4.69) is 15.5 Å². The molecule has 1 fully saturated rings. The maximum atomic E-state index is 13.8. The van der Waals surface area contributed by atoms with E-state index in [9.17, 15) is 14.0 Å². The third-order valence-electron chi connectivity index (χ3n) is 3.59. The van der Waals surface area contributed by atoms with Gasteiger partial charge in [-0.05, 0) is 43.0 Å². The zero-order chi connectivity index (χ0) is 18.5. The zero-order valence-electron chi connectivity index (χ0n) is 13.8. The molecule has 3 rings (SSSR count). The van der Waals surface area contributed by atoms with Crippen LogP contribution in [0.1, 0.15) is 22.8 Å². The number of pyridine rings is 1. The summed E-state index contributed by atoms with van der Waals surface area (Å²) < 4.78 is 13.8. The van der Waals surface area contributed by atoms with Gasteiger partial charge < -0.3 is 0 Å². The van der Waals surface area contributed by atoms with Gasteiger partial charge in [0.25, 0.3) is 11.8 Å². The third-order valence-corrected chi connectivity index (χ3v) is 4.60. The highest BCUT2D eigenvalue weighted by molar-refractivity contribution is 8.18. The summed E-state index contributed by atoms with van der Waals surface area (Å²) in [6.07, 6.45) is 4.49. The van der Waals surface area contributed by atoms with Gasteiger partial charge in [-0.2, -0.15) is 0 Å². The first kappa shape index (κ1) is 17.8. The highest BCUT2D eigenvalue weighted by Gasteiger charge is 2.32. The Bertz CT molecular complexity index is 899. The number of hydrogen-bond donors (Lipinski definition) is 1. The van der Waals surface area contributed by atoms with Crippen LogP contribution in [0.4, 0.5) is 4.39 Å². The molecule has 0 saturated carbocycles. The lowest BCUT2D eigenvalue weighted by atomic mass is 10.2. The number of amidine groups is 1. The van der Waals surface area contributed by atoms with E-state index in [0.717, 1.165) is 11.8 Å². The lowest BCUT2D eigenvalue weighted by Gasteiger charge is -2.11. The molecule has 0 atom stereocenters. The summed E-state index contributed by atoms with van der Waals surface area (Å²) in [6, 6.07) is 9.32. The molecule has 1 saturated heterocycles. The molecule has 132 valence electrons. The van der Waals surface area contributed by atoms with Crippen molar-refractivity contribution in [2.24, 2.45) is 5.10 Å². The Balaban J connectivity index is 1.81. The SMILES string of the molecule is CCN1C(=O)/C(=C/c2ccccc2F)S/C1=N/NC(=O)c1ccncc1. The van der Waals surface area contributed by atoms with Gasteiger partial charge in [-0.3, -0.25) is 19.5 Å². The van der Waals surface area contributed by atoms with E-state index < -0.39 is 11.7 Å². The Labute approximate surface area is 153 Å². The van der Waals surface area contributed by atoms with Crippen molar-refractivity contribution < 1.29 is 14.0 Å². The molecule has 8 heteroatoms. The maximum Gasteiger partial charge on any atom is 0.271 e. The number of carbonyl (C=O) groups is 2. The van der Waals surface area contributed by atoms with E-state index in [1.807, 2.05) is 0 Å². The van der Waals surface area contributed by atoms with Crippen LogP contribution in [0.5, 0.6) is 0 Å². The number of nitrogens with one attached hydrogen (secondary N) is 1. The van der Waals surface area contributed by atoms with Gasteiger partial charge in [0.2, 0.25) is 0 Å². The number of rotatable bonds is 4. The zero-order valence-corrected chi connectivity index (χ0v) is 14.7. The molecule has 0 bridgehead atoms. The summed E-state index contributed by atoms with van der Waals surface area (Å²) in [6.45, 7) is 2.18. The summed E-state index contributed by atoms with van der Waals surface area (Å²) >= 11 is 1.09. The van der Waals surface area contributed by atoms with Crippen molar-refractivity contribution in [3.63, 3.8) is 0 Å². The first-order valence-corrected chi connectivity index (χ1v) is 8.65. The number of benzene rings is 1. The molecule has 2 heterocycles. The number of halogens is 1. The lowest BCUT2D eigenvalue weighted by molar-refractivity contribution is -0.122. The fraction of sp³-hybridized carbons (Fsp3) is 0.111. The second kappa shape index (κ2) is 7.92. The standard InChI is InChI=1S/C18H15FN4O2S/c1-2-23-17(25)15(11-13-5-3-4-6-14(13)19)26-18(23)22-21-16(24)12-7-9-20-10-8-12/h3-11H,2H2,1H3,(H,21,24)/b15-11-,22-18+. The Morgan fingerprint density at radius 2 is 2.04 bits per heavy atom. The second-order valence-electron chi connectivity index (χ2n) is 5.25. The molecule has 0 radical (unpaired) electrons. The number of carbonyl (C=O) groups excluding carboxylic acids is 2. The van der Waals surface area contributed by atoms with Crippen molar-refractivity contribution in [3.05, 3.63) is 70.6 Å². The molecule has 1 aliphatic heterocycles. The first-order valence-electron chi connectivity index (χ1n) is 7.84. The number of hydrogen-bond acceptors (Lipinski definition) is 5. The molecular weight excluding hydrogens is 355 g/mol. The van der Waals surface area contributed by atoms with E-state index >= 15 is 0 Å². The van der Waals surface area contributed by atoms with Gasteiger partial charge in [0, 0.05) is 30.1 Å². The normalized spacial score (nSPS) is 17.2. The molecule has 1 aliphatic rings. The quantitative estimate of drug-likeness (QED) is 0.663. The number of nitrogens with zero attached hydrogens (tertiary/aromatic N) is 3. The average Bonchev–Trinajstić information content (AvgIpc) is 2.97. The molecule has 1 aromatic carbocycles. The number of hydrazone groups is 1. The van der Waals surface area contributed by atoms with Crippen molar-refractivity contribution in [3.8, 4) is 0 Å². The van der Waals surface area contributed by atoms with E-state index in [-0.39, 0.29) is 5.91 Å². The summed E-state index contributed by atoms with van der Waals surface area (Å²) in [4.78, 5) is 30.2. The van der Waals surface area contributed by atoms with Crippen LogP contribution in [0.2, 0.25) is 0 Å². The molecule has 0 aliphatic carbocycles. The van der Waals surface area contributed by atoms with Crippen LogP contribution >= 0.6 is 11.8 Å². The minimum absolute atomic E-state index is 0.280. The number of amides is 2. The molecule has 2 amide bonds.